The first kappa shape index (κ1) is 8.25. The van der Waals surface area contributed by atoms with Crippen LogP contribution in [0.25, 0.3) is 0 Å². The van der Waals surface area contributed by atoms with Crippen LogP contribution < -0.4 is 11.5 Å². The summed E-state index contributed by atoms with van der Waals surface area (Å²) < 4.78 is 4.65. The van der Waals surface area contributed by atoms with Crippen molar-refractivity contribution in [2.24, 2.45) is 16.5 Å². The van der Waals surface area contributed by atoms with Gasteiger partial charge in [0.05, 0.1) is 0 Å². The van der Waals surface area contributed by atoms with E-state index < -0.39 is 5.91 Å². The SMILES string of the molecule is Cc1cc(C(=O)N=C(N)N)no1. The number of aromatic nitrogens is 1. The molecular formula is C6H8N4O2. The van der Waals surface area contributed by atoms with Crippen molar-refractivity contribution in [2.75, 3.05) is 0 Å². The van der Waals surface area contributed by atoms with Crippen LogP contribution in [0.4, 0.5) is 0 Å². The molecule has 0 saturated carbocycles. The van der Waals surface area contributed by atoms with Crippen LogP contribution in [0.3, 0.4) is 0 Å². The smallest absolute Gasteiger partial charge is 0.302 e. The van der Waals surface area contributed by atoms with Gasteiger partial charge in [-0.2, -0.15) is 4.99 Å². The summed E-state index contributed by atoms with van der Waals surface area (Å²) in [6.07, 6.45) is 0. The Bertz CT molecular complexity index is 324. The van der Waals surface area contributed by atoms with Crippen LogP contribution in [0.5, 0.6) is 0 Å². The van der Waals surface area contributed by atoms with E-state index in [9.17, 15) is 4.79 Å². The number of hydrogen-bond donors (Lipinski definition) is 2. The highest BCUT2D eigenvalue weighted by Gasteiger charge is 2.09. The molecule has 0 bridgehead atoms. The molecule has 0 fully saturated rings. The number of carbonyl (C=O) groups is 1. The molecule has 1 rings (SSSR count). The molecule has 0 saturated heterocycles. The van der Waals surface area contributed by atoms with Gasteiger partial charge in [0, 0.05) is 6.07 Å². The van der Waals surface area contributed by atoms with Crippen LogP contribution in [0.2, 0.25) is 0 Å². The number of carbonyl (C=O) groups excluding carboxylic acids is 1. The summed E-state index contributed by atoms with van der Waals surface area (Å²) in [7, 11) is 0. The predicted molar refractivity (Wildman–Crippen MR) is 41.4 cm³/mol. The lowest BCUT2D eigenvalue weighted by Gasteiger charge is -1.86. The molecule has 1 aromatic rings. The Balaban J connectivity index is 2.86. The molecule has 0 aliphatic carbocycles. The van der Waals surface area contributed by atoms with Crippen LogP contribution >= 0.6 is 0 Å². The van der Waals surface area contributed by atoms with Crippen LogP contribution in [0.1, 0.15) is 16.2 Å². The van der Waals surface area contributed by atoms with Crippen molar-refractivity contribution in [1.29, 1.82) is 0 Å². The van der Waals surface area contributed by atoms with E-state index in [0.29, 0.717) is 5.76 Å². The molecule has 1 amide bonds. The maximum Gasteiger partial charge on any atom is 0.302 e. The minimum absolute atomic E-state index is 0.0981. The van der Waals surface area contributed by atoms with Gasteiger partial charge in [-0.1, -0.05) is 5.16 Å². The molecule has 0 aliphatic rings. The zero-order chi connectivity index (χ0) is 9.14. The number of amides is 1. The van der Waals surface area contributed by atoms with Crippen molar-refractivity contribution in [1.82, 2.24) is 5.16 Å². The Kier molecular flexibility index (Phi) is 2.09. The third-order valence-electron chi connectivity index (χ3n) is 1.08. The van der Waals surface area contributed by atoms with E-state index in [1.165, 1.54) is 6.07 Å². The topological polar surface area (TPSA) is 108 Å². The van der Waals surface area contributed by atoms with Gasteiger partial charge in [0.25, 0.3) is 0 Å². The molecule has 64 valence electrons. The third kappa shape index (κ3) is 1.82. The molecule has 0 unspecified atom stereocenters. The van der Waals surface area contributed by atoms with Gasteiger partial charge in [-0.05, 0) is 6.92 Å². The maximum atomic E-state index is 11.0. The second kappa shape index (κ2) is 3.04. The van der Waals surface area contributed by atoms with Gasteiger partial charge in [-0.25, -0.2) is 0 Å². The van der Waals surface area contributed by atoms with Gasteiger partial charge in [-0.15, -0.1) is 0 Å². The molecular weight excluding hydrogens is 160 g/mol. The normalized spacial score (nSPS) is 9.42. The Hall–Kier alpha value is -1.85. The minimum atomic E-state index is -0.605. The number of aryl methyl sites for hydroxylation is 1. The summed E-state index contributed by atoms with van der Waals surface area (Å²) in [5, 5.41) is 3.43. The van der Waals surface area contributed by atoms with Crippen LogP contribution in [-0.4, -0.2) is 17.0 Å². The Morgan fingerprint density at radius 1 is 1.67 bits per heavy atom. The first-order valence-corrected chi connectivity index (χ1v) is 3.17. The standard InChI is InChI=1S/C6H8N4O2/c1-3-2-4(10-12-3)5(11)9-6(7)8/h2H,1H3,(H4,7,8,9,11). The fourth-order valence-corrected chi connectivity index (χ4v) is 0.642. The zero-order valence-corrected chi connectivity index (χ0v) is 6.44. The number of nitrogens with zero attached hydrogens (tertiary/aromatic N) is 2. The lowest BCUT2D eigenvalue weighted by Crippen LogP contribution is -2.24. The van der Waals surface area contributed by atoms with Gasteiger partial charge in [0.2, 0.25) is 0 Å². The van der Waals surface area contributed by atoms with Gasteiger partial charge >= 0.3 is 5.91 Å². The van der Waals surface area contributed by atoms with Crippen molar-refractivity contribution >= 4 is 11.9 Å². The minimum Gasteiger partial charge on any atom is -0.370 e. The molecule has 0 radical (unpaired) electrons. The largest absolute Gasteiger partial charge is 0.370 e. The van der Waals surface area contributed by atoms with Crippen molar-refractivity contribution in [3.05, 3.63) is 17.5 Å². The summed E-state index contributed by atoms with van der Waals surface area (Å²) >= 11 is 0. The fourth-order valence-electron chi connectivity index (χ4n) is 0.642. The Labute approximate surface area is 68.2 Å². The summed E-state index contributed by atoms with van der Waals surface area (Å²) in [4.78, 5) is 14.3. The van der Waals surface area contributed by atoms with Crippen molar-refractivity contribution < 1.29 is 9.32 Å². The Morgan fingerprint density at radius 2 is 2.33 bits per heavy atom. The van der Waals surface area contributed by atoms with Gasteiger partial charge in [-0.3, -0.25) is 4.79 Å². The molecule has 6 nitrogen and oxygen atoms in total. The first-order valence-electron chi connectivity index (χ1n) is 3.17. The second-order valence-electron chi connectivity index (χ2n) is 2.16. The molecule has 0 aromatic carbocycles. The van der Waals surface area contributed by atoms with Crippen LogP contribution in [-0.2, 0) is 0 Å². The molecule has 4 N–H and O–H groups in total. The summed E-state index contributed by atoms with van der Waals surface area (Å²) in [6, 6.07) is 1.45. The van der Waals surface area contributed by atoms with Crippen LogP contribution in [0.15, 0.2) is 15.6 Å². The number of guanidine groups is 1. The van der Waals surface area contributed by atoms with Crippen molar-refractivity contribution in [3.63, 3.8) is 0 Å². The Morgan fingerprint density at radius 3 is 2.75 bits per heavy atom. The quantitative estimate of drug-likeness (QED) is 0.430. The zero-order valence-electron chi connectivity index (χ0n) is 6.44. The molecule has 0 aliphatic heterocycles. The highest BCUT2D eigenvalue weighted by molar-refractivity contribution is 6.00. The van der Waals surface area contributed by atoms with E-state index in [1.807, 2.05) is 0 Å². The van der Waals surface area contributed by atoms with Gasteiger partial charge in [0.1, 0.15) is 5.76 Å². The van der Waals surface area contributed by atoms with E-state index >= 15 is 0 Å². The highest BCUT2D eigenvalue weighted by atomic mass is 16.5. The van der Waals surface area contributed by atoms with Crippen molar-refractivity contribution in [3.8, 4) is 0 Å². The molecule has 1 aromatic heterocycles. The third-order valence-corrected chi connectivity index (χ3v) is 1.08. The number of hydrogen-bond acceptors (Lipinski definition) is 3. The highest BCUT2D eigenvalue weighted by Crippen LogP contribution is 2.02. The number of rotatable bonds is 1. The number of aliphatic imine (C=N–C) groups is 1. The maximum absolute atomic E-state index is 11.0. The van der Waals surface area contributed by atoms with Crippen LogP contribution in [0, 0.1) is 6.92 Å². The lowest BCUT2D eigenvalue weighted by atomic mass is 10.4. The average Bonchev–Trinajstić information content (AvgIpc) is 2.34. The lowest BCUT2D eigenvalue weighted by molar-refractivity contribution is 0.0994. The molecule has 6 heteroatoms. The van der Waals surface area contributed by atoms with E-state index in [4.69, 9.17) is 11.5 Å². The summed E-state index contributed by atoms with van der Waals surface area (Å²) in [5.74, 6) is -0.364. The van der Waals surface area contributed by atoms with E-state index in [2.05, 4.69) is 14.7 Å². The first-order chi connectivity index (χ1) is 5.59. The molecule has 12 heavy (non-hydrogen) atoms. The monoisotopic (exact) mass is 168 g/mol. The predicted octanol–water partition coefficient (Wildman–Crippen LogP) is -0.603. The average molecular weight is 168 g/mol. The number of nitrogens with two attached hydrogens (primary N) is 2. The summed E-state index contributed by atoms with van der Waals surface area (Å²) in [5.41, 5.74) is 10.1. The second-order valence-corrected chi connectivity index (χ2v) is 2.16. The van der Waals surface area contributed by atoms with E-state index in [1.54, 1.807) is 6.92 Å². The molecule has 0 atom stereocenters. The van der Waals surface area contributed by atoms with E-state index in [-0.39, 0.29) is 11.7 Å². The summed E-state index contributed by atoms with van der Waals surface area (Å²) in [6.45, 7) is 1.67. The van der Waals surface area contributed by atoms with Gasteiger partial charge in [0.15, 0.2) is 11.7 Å². The van der Waals surface area contributed by atoms with E-state index in [0.717, 1.165) is 0 Å². The van der Waals surface area contributed by atoms with Gasteiger partial charge < -0.3 is 16.0 Å². The fraction of sp³-hybridized carbons (Fsp3) is 0.167. The molecule has 1 heterocycles. The molecule has 0 spiro atoms. The van der Waals surface area contributed by atoms with Crippen molar-refractivity contribution in [2.45, 2.75) is 6.92 Å².